The van der Waals surface area contributed by atoms with Gasteiger partial charge in [-0.05, 0) is 19.8 Å². The second-order valence-electron chi connectivity index (χ2n) is 4.11. The van der Waals surface area contributed by atoms with Crippen molar-refractivity contribution in [3.8, 4) is 0 Å². The van der Waals surface area contributed by atoms with Gasteiger partial charge in [0.2, 0.25) is 0 Å². The van der Waals surface area contributed by atoms with Gasteiger partial charge in [0, 0.05) is 25.7 Å². The summed E-state index contributed by atoms with van der Waals surface area (Å²) in [5.74, 6) is 1.79. The predicted molar refractivity (Wildman–Crippen MR) is 65.4 cm³/mol. The minimum atomic E-state index is 0.884. The molecule has 0 radical (unpaired) electrons. The Morgan fingerprint density at radius 1 is 1.12 bits per heavy atom. The predicted octanol–water partition coefficient (Wildman–Crippen LogP) is 1.64. The SMILES string of the molecule is CNc1ncnc(NN2CCCCC2)c1C. The summed E-state index contributed by atoms with van der Waals surface area (Å²) in [7, 11) is 1.88. The largest absolute Gasteiger partial charge is 0.373 e. The van der Waals surface area contributed by atoms with E-state index in [1.165, 1.54) is 19.3 Å². The second kappa shape index (κ2) is 5.12. The third kappa shape index (κ3) is 2.41. The molecule has 1 saturated heterocycles. The van der Waals surface area contributed by atoms with E-state index in [1.54, 1.807) is 6.33 Å². The van der Waals surface area contributed by atoms with Crippen LogP contribution >= 0.6 is 0 Å². The van der Waals surface area contributed by atoms with Gasteiger partial charge in [-0.3, -0.25) is 0 Å². The van der Waals surface area contributed by atoms with Crippen molar-refractivity contribution in [2.45, 2.75) is 26.2 Å². The first kappa shape index (κ1) is 11.1. The molecule has 0 amide bonds. The van der Waals surface area contributed by atoms with Crippen LogP contribution < -0.4 is 10.7 Å². The summed E-state index contributed by atoms with van der Waals surface area (Å²) in [6.45, 7) is 4.22. The Morgan fingerprint density at radius 2 is 1.81 bits per heavy atom. The Kier molecular flexibility index (Phi) is 3.56. The van der Waals surface area contributed by atoms with Gasteiger partial charge >= 0.3 is 0 Å². The molecule has 1 fully saturated rings. The first-order chi connectivity index (χ1) is 7.81. The number of aromatic nitrogens is 2. The van der Waals surface area contributed by atoms with Crippen LogP contribution in [0.3, 0.4) is 0 Å². The number of anilines is 2. The van der Waals surface area contributed by atoms with E-state index in [0.717, 1.165) is 30.3 Å². The fraction of sp³-hybridized carbons (Fsp3) is 0.636. The van der Waals surface area contributed by atoms with Crippen LogP contribution in [0.25, 0.3) is 0 Å². The van der Waals surface area contributed by atoms with E-state index in [1.807, 2.05) is 14.0 Å². The molecule has 5 nitrogen and oxygen atoms in total. The number of hydrogen-bond donors (Lipinski definition) is 2. The van der Waals surface area contributed by atoms with Crippen molar-refractivity contribution in [2.75, 3.05) is 30.9 Å². The summed E-state index contributed by atoms with van der Waals surface area (Å²) < 4.78 is 0. The average molecular weight is 221 g/mol. The fourth-order valence-electron chi connectivity index (χ4n) is 1.97. The minimum Gasteiger partial charge on any atom is -0.373 e. The molecule has 1 aromatic heterocycles. The molecule has 2 rings (SSSR count). The molecule has 88 valence electrons. The summed E-state index contributed by atoms with van der Waals surface area (Å²) in [6.07, 6.45) is 5.44. The van der Waals surface area contributed by atoms with Crippen LogP contribution in [0.15, 0.2) is 6.33 Å². The third-order valence-electron chi connectivity index (χ3n) is 2.94. The van der Waals surface area contributed by atoms with Gasteiger partial charge in [-0.15, -0.1) is 0 Å². The van der Waals surface area contributed by atoms with Crippen LogP contribution in [-0.4, -0.2) is 35.1 Å². The lowest BCUT2D eigenvalue weighted by molar-refractivity contribution is 0.272. The summed E-state index contributed by atoms with van der Waals surface area (Å²) in [5, 5.41) is 5.30. The van der Waals surface area contributed by atoms with Crippen molar-refractivity contribution in [3.05, 3.63) is 11.9 Å². The van der Waals surface area contributed by atoms with Crippen molar-refractivity contribution >= 4 is 11.6 Å². The van der Waals surface area contributed by atoms with Crippen molar-refractivity contribution in [1.29, 1.82) is 0 Å². The molecule has 0 aliphatic carbocycles. The van der Waals surface area contributed by atoms with E-state index in [4.69, 9.17) is 0 Å². The van der Waals surface area contributed by atoms with Gasteiger partial charge in [0.15, 0.2) is 0 Å². The van der Waals surface area contributed by atoms with Crippen molar-refractivity contribution in [2.24, 2.45) is 0 Å². The second-order valence-corrected chi connectivity index (χ2v) is 4.11. The van der Waals surface area contributed by atoms with Gasteiger partial charge in [0.05, 0.1) is 0 Å². The third-order valence-corrected chi connectivity index (χ3v) is 2.94. The molecule has 1 aliphatic heterocycles. The number of piperidine rings is 1. The first-order valence-corrected chi connectivity index (χ1v) is 5.82. The van der Waals surface area contributed by atoms with E-state index in [2.05, 4.69) is 25.7 Å². The van der Waals surface area contributed by atoms with Crippen LogP contribution in [0, 0.1) is 6.92 Å². The molecular formula is C11H19N5. The molecule has 0 unspecified atom stereocenters. The molecule has 2 N–H and O–H groups in total. The highest BCUT2D eigenvalue weighted by atomic mass is 15.5. The summed E-state index contributed by atoms with van der Waals surface area (Å²) in [6, 6.07) is 0. The standard InChI is InChI=1S/C11H19N5/c1-9-10(12-2)13-8-14-11(9)15-16-6-4-3-5-7-16/h8H,3-7H2,1-2H3,(H2,12,13,14,15). The van der Waals surface area contributed by atoms with Crippen molar-refractivity contribution in [3.63, 3.8) is 0 Å². The van der Waals surface area contributed by atoms with Crippen LogP contribution in [0.2, 0.25) is 0 Å². The highest BCUT2D eigenvalue weighted by Crippen LogP contribution is 2.19. The average Bonchev–Trinajstić information content (AvgIpc) is 2.33. The lowest BCUT2D eigenvalue weighted by atomic mass is 10.2. The number of hydrazine groups is 1. The zero-order chi connectivity index (χ0) is 11.4. The molecule has 0 spiro atoms. The number of hydrogen-bond acceptors (Lipinski definition) is 5. The van der Waals surface area contributed by atoms with Crippen LogP contribution in [-0.2, 0) is 0 Å². The zero-order valence-corrected chi connectivity index (χ0v) is 9.95. The highest BCUT2D eigenvalue weighted by Gasteiger charge is 2.12. The Labute approximate surface area is 96.2 Å². The Balaban J connectivity index is 2.08. The summed E-state index contributed by atoms with van der Waals surface area (Å²) in [4.78, 5) is 8.45. The molecule has 1 aromatic rings. The fourth-order valence-corrected chi connectivity index (χ4v) is 1.97. The first-order valence-electron chi connectivity index (χ1n) is 5.82. The van der Waals surface area contributed by atoms with Gasteiger partial charge in [-0.2, -0.15) is 0 Å². The maximum absolute atomic E-state index is 4.28. The van der Waals surface area contributed by atoms with Gasteiger partial charge in [0.25, 0.3) is 0 Å². The zero-order valence-electron chi connectivity index (χ0n) is 9.95. The quantitative estimate of drug-likeness (QED) is 0.812. The van der Waals surface area contributed by atoms with Crippen molar-refractivity contribution in [1.82, 2.24) is 15.0 Å². The number of rotatable bonds is 3. The maximum Gasteiger partial charge on any atom is 0.148 e. The number of nitrogens with zero attached hydrogens (tertiary/aromatic N) is 3. The smallest absolute Gasteiger partial charge is 0.148 e. The van der Waals surface area contributed by atoms with Gasteiger partial charge in [0.1, 0.15) is 18.0 Å². The molecule has 0 atom stereocenters. The summed E-state index contributed by atoms with van der Waals surface area (Å²) in [5.41, 5.74) is 4.43. The Morgan fingerprint density at radius 3 is 2.50 bits per heavy atom. The van der Waals surface area contributed by atoms with E-state index in [-0.39, 0.29) is 0 Å². The van der Waals surface area contributed by atoms with Gasteiger partial charge in [-0.1, -0.05) is 6.42 Å². The molecule has 16 heavy (non-hydrogen) atoms. The molecule has 5 heteroatoms. The monoisotopic (exact) mass is 221 g/mol. The molecule has 1 aliphatic rings. The molecule has 0 bridgehead atoms. The Bertz CT molecular complexity index is 346. The Hall–Kier alpha value is -1.36. The number of nitrogens with one attached hydrogen (secondary N) is 2. The molecule has 2 heterocycles. The van der Waals surface area contributed by atoms with Crippen LogP contribution in [0.1, 0.15) is 24.8 Å². The van der Waals surface area contributed by atoms with Crippen molar-refractivity contribution < 1.29 is 0 Å². The molecule has 0 saturated carbocycles. The lowest BCUT2D eigenvalue weighted by Gasteiger charge is -2.28. The summed E-state index contributed by atoms with van der Waals surface area (Å²) >= 11 is 0. The topological polar surface area (TPSA) is 53.1 Å². The van der Waals surface area contributed by atoms with E-state index in [9.17, 15) is 0 Å². The maximum atomic E-state index is 4.28. The van der Waals surface area contributed by atoms with Crippen LogP contribution in [0.5, 0.6) is 0 Å². The normalized spacial score (nSPS) is 17.1. The van der Waals surface area contributed by atoms with Gasteiger partial charge < -0.3 is 10.7 Å². The minimum absolute atomic E-state index is 0.884. The van der Waals surface area contributed by atoms with Crippen LogP contribution in [0.4, 0.5) is 11.6 Å². The lowest BCUT2D eigenvalue weighted by Crippen LogP contribution is -2.35. The van der Waals surface area contributed by atoms with E-state index >= 15 is 0 Å². The van der Waals surface area contributed by atoms with E-state index in [0.29, 0.717) is 0 Å². The molecular weight excluding hydrogens is 202 g/mol. The molecule has 0 aromatic carbocycles. The van der Waals surface area contributed by atoms with E-state index < -0.39 is 0 Å². The van der Waals surface area contributed by atoms with Gasteiger partial charge in [-0.25, -0.2) is 15.0 Å². The highest BCUT2D eigenvalue weighted by molar-refractivity contribution is 5.55.